The van der Waals surface area contributed by atoms with Crippen LogP contribution in [0.25, 0.3) is 0 Å². The van der Waals surface area contributed by atoms with Crippen LogP contribution in [0.2, 0.25) is 0 Å². The smallest absolute Gasteiger partial charge is 0.333 e. The monoisotopic (exact) mass is 196 g/mol. The molecule has 0 saturated heterocycles. The van der Waals surface area contributed by atoms with Gasteiger partial charge in [-0.2, -0.15) is 0 Å². The molecule has 0 amide bonds. The Kier molecular flexibility index (Phi) is 7.29. The lowest BCUT2D eigenvalue weighted by Crippen LogP contribution is -2.06. The number of carbonyl (C=O) groups is 1. The molecule has 0 aromatic heterocycles. The summed E-state index contributed by atoms with van der Waals surface area (Å²) >= 11 is 0. The Morgan fingerprint density at radius 2 is 1.75 bits per heavy atom. The Morgan fingerprint density at radius 3 is 2.08 bits per heavy atom. The van der Waals surface area contributed by atoms with Crippen molar-refractivity contribution in [3.63, 3.8) is 0 Å². The Labute approximate surface area is 72.6 Å². The highest BCUT2D eigenvalue weighted by Crippen LogP contribution is 2.38. The van der Waals surface area contributed by atoms with Gasteiger partial charge >= 0.3 is 14.6 Å². The van der Waals surface area contributed by atoms with Gasteiger partial charge in [-0.15, -0.1) is 0 Å². The summed E-state index contributed by atoms with van der Waals surface area (Å²) in [5.41, 5.74) is 0. The maximum absolute atomic E-state index is 10.1. The summed E-state index contributed by atoms with van der Waals surface area (Å²) in [6, 6.07) is 0. The molecule has 0 rings (SSSR count). The highest BCUT2D eigenvalue weighted by Gasteiger charge is 2.12. The van der Waals surface area contributed by atoms with E-state index in [0.29, 0.717) is 13.2 Å². The van der Waals surface area contributed by atoms with Crippen LogP contribution in [0.1, 0.15) is 13.8 Å². The maximum atomic E-state index is 10.1. The van der Waals surface area contributed by atoms with E-state index >= 15 is 0 Å². The van der Waals surface area contributed by atoms with Crippen LogP contribution in [-0.4, -0.2) is 30.9 Å². The van der Waals surface area contributed by atoms with Crippen LogP contribution >= 0.6 is 8.60 Å². The molecule has 0 aromatic carbocycles. The van der Waals surface area contributed by atoms with Gasteiger partial charge < -0.3 is 18.7 Å². The fraction of sp³-hybridized carbons (Fsp3) is 0.833. The molecule has 72 valence electrons. The molecule has 0 radical (unpaired) electrons. The average Bonchev–Trinajstić information content (AvgIpc) is 2.01. The van der Waals surface area contributed by atoms with Gasteiger partial charge in [0.25, 0.3) is 0 Å². The van der Waals surface area contributed by atoms with Crippen molar-refractivity contribution in [3.8, 4) is 0 Å². The molecule has 12 heavy (non-hydrogen) atoms. The molecule has 0 aromatic rings. The van der Waals surface area contributed by atoms with Crippen LogP contribution in [0.4, 0.5) is 0 Å². The third-order valence-electron chi connectivity index (χ3n) is 0.762. The Morgan fingerprint density at radius 1 is 1.25 bits per heavy atom. The van der Waals surface area contributed by atoms with Crippen molar-refractivity contribution in [3.05, 3.63) is 0 Å². The summed E-state index contributed by atoms with van der Waals surface area (Å²) < 4.78 is 14.8. The fourth-order valence-electron chi connectivity index (χ4n) is 0.431. The largest absolute Gasteiger partial charge is 0.480 e. The van der Waals surface area contributed by atoms with Gasteiger partial charge in [-0.25, -0.2) is 4.79 Å². The molecule has 0 fully saturated rings. The van der Waals surface area contributed by atoms with E-state index in [-0.39, 0.29) is 6.61 Å². The standard InChI is InChI=1S/C6H13O5P/c1-3-9-12(10-4-2)11-5-6(7)8/h3-5H2,1-2H3,(H,7,8). The van der Waals surface area contributed by atoms with Crippen molar-refractivity contribution in [1.29, 1.82) is 0 Å². The van der Waals surface area contributed by atoms with E-state index in [1.165, 1.54) is 0 Å². The van der Waals surface area contributed by atoms with E-state index in [1.807, 2.05) is 0 Å². The first-order valence-electron chi connectivity index (χ1n) is 3.61. The molecule has 0 aliphatic rings. The Hall–Kier alpha value is -0.220. The molecule has 0 saturated carbocycles. The summed E-state index contributed by atoms with van der Waals surface area (Å²) in [6.07, 6.45) is 0. The van der Waals surface area contributed by atoms with Crippen LogP contribution in [-0.2, 0) is 18.4 Å². The average molecular weight is 196 g/mol. The number of hydrogen-bond acceptors (Lipinski definition) is 4. The van der Waals surface area contributed by atoms with Crippen LogP contribution < -0.4 is 0 Å². The van der Waals surface area contributed by atoms with Crippen LogP contribution in [0.3, 0.4) is 0 Å². The van der Waals surface area contributed by atoms with Gasteiger partial charge in [0.15, 0.2) is 6.61 Å². The van der Waals surface area contributed by atoms with E-state index in [2.05, 4.69) is 0 Å². The van der Waals surface area contributed by atoms with Gasteiger partial charge in [-0.05, 0) is 13.8 Å². The van der Waals surface area contributed by atoms with Gasteiger partial charge in [0, 0.05) is 0 Å². The molecule has 0 atom stereocenters. The molecule has 0 heterocycles. The minimum absolute atomic E-state index is 0.383. The summed E-state index contributed by atoms with van der Waals surface area (Å²) in [4.78, 5) is 10.1. The molecule has 0 aliphatic carbocycles. The molecule has 0 aliphatic heterocycles. The SMILES string of the molecule is CCOP(OCC)OCC(=O)O. The van der Waals surface area contributed by atoms with E-state index < -0.39 is 14.6 Å². The zero-order valence-corrected chi connectivity index (χ0v) is 8.04. The first kappa shape index (κ1) is 11.8. The molecule has 0 bridgehead atoms. The lowest BCUT2D eigenvalue weighted by Gasteiger charge is -2.12. The highest BCUT2D eigenvalue weighted by molar-refractivity contribution is 7.41. The summed E-state index contributed by atoms with van der Waals surface area (Å²) in [7, 11) is -1.47. The normalized spacial score (nSPS) is 10.6. The summed E-state index contributed by atoms with van der Waals surface area (Å²) in [6.45, 7) is 4.10. The topological polar surface area (TPSA) is 65.0 Å². The Balaban J connectivity index is 3.54. The second-order valence-electron chi connectivity index (χ2n) is 1.73. The van der Waals surface area contributed by atoms with Gasteiger partial charge in [0.05, 0.1) is 13.2 Å². The molecule has 6 heteroatoms. The number of rotatable bonds is 7. The van der Waals surface area contributed by atoms with Crippen molar-refractivity contribution in [2.75, 3.05) is 19.8 Å². The molecule has 1 N–H and O–H groups in total. The summed E-state index contributed by atoms with van der Waals surface area (Å²) in [5, 5.41) is 8.27. The van der Waals surface area contributed by atoms with Crippen molar-refractivity contribution >= 4 is 14.6 Å². The van der Waals surface area contributed by atoms with Crippen molar-refractivity contribution in [1.82, 2.24) is 0 Å². The van der Waals surface area contributed by atoms with E-state index in [9.17, 15) is 4.79 Å². The van der Waals surface area contributed by atoms with Crippen LogP contribution in [0, 0.1) is 0 Å². The molecule has 0 unspecified atom stereocenters. The first-order valence-corrected chi connectivity index (χ1v) is 4.70. The van der Waals surface area contributed by atoms with Gasteiger partial charge in [-0.1, -0.05) is 0 Å². The van der Waals surface area contributed by atoms with Crippen molar-refractivity contribution < 1.29 is 23.5 Å². The molecular weight excluding hydrogens is 183 g/mol. The van der Waals surface area contributed by atoms with Crippen LogP contribution in [0.5, 0.6) is 0 Å². The Bertz CT molecular complexity index is 123. The first-order chi connectivity index (χ1) is 5.70. The molecule has 0 spiro atoms. The quantitative estimate of drug-likeness (QED) is 0.623. The zero-order valence-electron chi connectivity index (χ0n) is 7.15. The minimum Gasteiger partial charge on any atom is -0.480 e. The number of aliphatic carboxylic acids is 1. The second-order valence-corrected chi connectivity index (χ2v) is 2.95. The molecular formula is C6H13O5P. The third kappa shape index (κ3) is 6.49. The highest BCUT2D eigenvalue weighted by atomic mass is 31.2. The third-order valence-corrected chi connectivity index (χ3v) is 2.04. The lowest BCUT2D eigenvalue weighted by atomic mass is 10.8. The zero-order chi connectivity index (χ0) is 9.40. The number of carboxylic acids is 1. The van der Waals surface area contributed by atoms with Crippen molar-refractivity contribution in [2.45, 2.75) is 13.8 Å². The molecule has 5 nitrogen and oxygen atoms in total. The van der Waals surface area contributed by atoms with Crippen LogP contribution in [0.15, 0.2) is 0 Å². The van der Waals surface area contributed by atoms with Gasteiger partial charge in [0.1, 0.15) is 0 Å². The number of carboxylic acid groups (broad SMARTS) is 1. The fourth-order valence-corrected chi connectivity index (χ4v) is 1.29. The summed E-state index contributed by atoms with van der Waals surface area (Å²) in [5.74, 6) is -1.03. The maximum Gasteiger partial charge on any atom is 0.333 e. The van der Waals surface area contributed by atoms with E-state index in [0.717, 1.165) is 0 Å². The van der Waals surface area contributed by atoms with Crippen molar-refractivity contribution in [2.24, 2.45) is 0 Å². The minimum atomic E-state index is -1.47. The van der Waals surface area contributed by atoms with E-state index in [4.69, 9.17) is 18.7 Å². The van der Waals surface area contributed by atoms with E-state index in [1.54, 1.807) is 13.8 Å². The lowest BCUT2D eigenvalue weighted by molar-refractivity contribution is -0.139. The predicted octanol–water partition coefficient (Wildman–Crippen LogP) is 1.39. The second kappa shape index (κ2) is 7.43. The number of hydrogen-bond donors (Lipinski definition) is 1. The van der Waals surface area contributed by atoms with Gasteiger partial charge in [-0.3, -0.25) is 0 Å². The predicted molar refractivity (Wildman–Crippen MR) is 43.8 cm³/mol. The van der Waals surface area contributed by atoms with Gasteiger partial charge in [0.2, 0.25) is 0 Å².